The first-order valence-corrected chi connectivity index (χ1v) is 7.67. The van der Waals surface area contributed by atoms with Crippen molar-refractivity contribution in [2.75, 3.05) is 31.2 Å². The van der Waals surface area contributed by atoms with Crippen molar-refractivity contribution in [3.63, 3.8) is 0 Å². The van der Waals surface area contributed by atoms with E-state index < -0.39 is 6.04 Å². The fraction of sp³-hybridized carbons (Fsp3) is 0.833. The molecule has 2 fully saturated rings. The minimum Gasteiger partial charge on any atom is -0.464 e. The zero-order valence-corrected chi connectivity index (χ0v) is 11.5. The highest BCUT2D eigenvalue weighted by Crippen LogP contribution is 2.20. The van der Waals surface area contributed by atoms with Gasteiger partial charge < -0.3 is 15.0 Å². The van der Waals surface area contributed by atoms with Crippen molar-refractivity contribution >= 4 is 23.6 Å². The number of ether oxygens (including phenoxy) is 1. The number of amides is 1. The Hall–Kier alpha value is -0.750. The standard InChI is InChI=1S/C12H20N2O3S/c1-2-17-12(16)10-8-18-7-6-14(10)11(15)9-4-3-5-13-9/h9-10,13H,2-8H2,1H3/t9-,10?/m1/s1. The summed E-state index contributed by atoms with van der Waals surface area (Å²) >= 11 is 1.71. The quantitative estimate of drug-likeness (QED) is 0.746. The van der Waals surface area contributed by atoms with E-state index in [1.54, 1.807) is 23.6 Å². The third-order valence-electron chi connectivity index (χ3n) is 3.33. The molecule has 5 nitrogen and oxygen atoms in total. The molecule has 0 saturated carbocycles. The Balaban J connectivity index is 2.02. The highest BCUT2D eigenvalue weighted by molar-refractivity contribution is 7.99. The molecule has 0 spiro atoms. The van der Waals surface area contributed by atoms with Crippen molar-refractivity contribution in [3.05, 3.63) is 0 Å². The lowest BCUT2D eigenvalue weighted by Crippen LogP contribution is -2.55. The van der Waals surface area contributed by atoms with Crippen LogP contribution in [0.5, 0.6) is 0 Å². The topological polar surface area (TPSA) is 58.6 Å². The zero-order valence-electron chi connectivity index (χ0n) is 10.7. The maximum absolute atomic E-state index is 12.4. The minimum absolute atomic E-state index is 0.0610. The second-order valence-electron chi connectivity index (χ2n) is 4.52. The predicted octanol–water partition coefficient (Wildman–Crippen LogP) is 0.245. The van der Waals surface area contributed by atoms with Gasteiger partial charge in [-0.25, -0.2) is 4.79 Å². The lowest BCUT2D eigenvalue weighted by Gasteiger charge is -2.35. The van der Waals surface area contributed by atoms with Crippen LogP contribution in [-0.2, 0) is 14.3 Å². The highest BCUT2D eigenvalue weighted by atomic mass is 32.2. The number of carbonyl (C=O) groups excluding carboxylic acids is 2. The third kappa shape index (κ3) is 2.98. The van der Waals surface area contributed by atoms with E-state index in [-0.39, 0.29) is 17.9 Å². The number of esters is 1. The van der Waals surface area contributed by atoms with Crippen LogP contribution in [0, 0.1) is 0 Å². The number of hydrogen-bond donors (Lipinski definition) is 1. The number of rotatable bonds is 3. The van der Waals surface area contributed by atoms with Gasteiger partial charge in [-0.05, 0) is 26.3 Å². The second-order valence-corrected chi connectivity index (χ2v) is 5.67. The molecule has 2 rings (SSSR count). The van der Waals surface area contributed by atoms with Crippen molar-refractivity contribution in [1.82, 2.24) is 10.2 Å². The highest BCUT2D eigenvalue weighted by Gasteiger charge is 2.37. The Labute approximate surface area is 112 Å². The number of carbonyl (C=O) groups is 2. The van der Waals surface area contributed by atoms with Crippen LogP contribution in [0.2, 0.25) is 0 Å². The SMILES string of the molecule is CCOC(=O)C1CSCCN1C(=O)[C@H]1CCCN1. The molecule has 0 radical (unpaired) electrons. The summed E-state index contributed by atoms with van der Waals surface area (Å²) in [5.41, 5.74) is 0. The molecule has 0 aromatic rings. The Morgan fingerprint density at radius 2 is 2.33 bits per heavy atom. The summed E-state index contributed by atoms with van der Waals surface area (Å²) in [6, 6.07) is -0.511. The number of nitrogens with one attached hydrogen (secondary N) is 1. The molecule has 1 amide bonds. The smallest absolute Gasteiger partial charge is 0.329 e. The van der Waals surface area contributed by atoms with Gasteiger partial charge in [0.25, 0.3) is 0 Å². The van der Waals surface area contributed by atoms with Crippen molar-refractivity contribution < 1.29 is 14.3 Å². The molecule has 2 aliphatic heterocycles. The van der Waals surface area contributed by atoms with Gasteiger partial charge in [0.1, 0.15) is 6.04 Å². The molecule has 1 unspecified atom stereocenters. The van der Waals surface area contributed by atoms with E-state index in [0.717, 1.165) is 25.1 Å². The molecule has 2 aliphatic rings. The Bertz CT molecular complexity index is 318. The van der Waals surface area contributed by atoms with Gasteiger partial charge in [-0.2, -0.15) is 11.8 Å². The second kappa shape index (κ2) is 6.43. The van der Waals surface area contributed by atoms with E-state index in [9.17, 15) is 9.59 Å². The van der Waals surface area contributed by atoms with Crippen LogP contribution < -0.4 is 5.32 Å². The van der Waals surface area contributed by atoms with Crippen LogP contribution in [0.25, 0.3) is 0 Å². The van der Waals surface area contributed by atoms with Gasteiger partial charge in [0, 0.05) is 18.1 Å². The fourth-order valence-corrected chi connectivity index (χ4v) is 3.43. The minimum atomic E-state index is -0.404. The molecular weight excluding hydrogens is 252 g/mol. The fourth-order valence-electron chi connectivity index (χ4n) is 2.40. The number of thioether (sulfide) groups is 1. The maximum Gasteiger partial charge on any atom is 0.329 e. The first kappa shape index (κ1) is 13.7. The van der Waals surface area contributed by atoms with Crippen molar-refractivity contribution in [2.24, 2.45) is 0 Å². The van der Waals surface area contributed by atoms with Gasteiger partial charge in [-0.1, -0.05) is 0 Å². The summed E-state index contributed by atoms with van der Waals surface area (Å²) in [5, 5.41) is 3.20. The largest absolute Gasteiger partial charge is 0.464 e. The summed E-state index contributed by atoms with van der Waals surface area (Å²) in [6.07, 6.45) is 1.90. The molecule has 0 aromatic carbocycles. The molecular formula is C12H20N2O3S. The van der Waals surface area contributed by atoms with Crippen LogP contribution in [0.15, 0.2) is 0 Å². The summed E-state index contributed by atoms with van der Waals surface area (Å²) in [7, 11) is 0. The number of nitrogens with zero attached hydrogens (tertiary/aromatic N) is 1. The molecule has 0 aromatic heterocycles. The molecule has 18 heavy (non-hydrogen) atoms. The molecule has 0 aliphatic carbocycles. The first-order chi connectivity index (χ1) is 8.74. The third-order valence-corrected chi connectivity index (χ3v) is 4.35. The van der Waals surface area contributed by atoms with E-state index in [4.69, 9.17) is 4.74 Å². The van der Waals surface area contributed by atoms with Gasteiger partial charge in [-0.3, -0.25) is 4.79 Å². The van der Waals surface area contributed by atoms with E-state index in [1.807, 2.05) is 0 Å². The van der Waals surface area contributed by atoms with Crippen LogP contribution in [0.1, 0.15) is 19.8 Å². The lowest BCUT2D eigenvalue weighted by molar-refractivity contribution is -0.154. The average Bonchev–Trinajstić information content (AvgIpc) is 2.92. The van der Waals surface area contributed by atoms with Crippen molar-refractivity contribution in [3.8, 4) is 0 Å². The summed E-state index contributed by atoms with van der Waals surface area (Å²) in [4.78, 5) is 25.9. The molecule has 102 valence electrons. The predicted molar refractivity (Wildman–Crippen MR) is 70.5 cm³/mol. The van der Waals surface area contributed by atoms with Crippen LogP contribution in [0.4, 0.5) is 0 Å². The van der Waals surface area contributed by atoms with E-state index in [0.29, 0.717) is 18.9 Å². The maximum atomic E-state index is 12.4. The molecule has 2 heterocycles. The first-order valence-electron chi connectivity index (χ1n) is 6.52. The molecule has 2 atom stereocenters. The van der Waals surface area contributed by atoms with Crippen molar-refractivity contribution in [2.45, 2.75) is 31.8 Å². The van der Waals surface area contributed by atoms with Gasteiger partial charge in [0.2, 0.25) is 5.91 Å². The Morgan fingerprint density at radius 1 is 1.50 bits per heavy atom. The van der Waals surface area contributed by atoms with E-state index in [2.05, 4.69) is 5.32 Å². The molecule has 0 bridgehead atoms. The Kier molecular flexibility index (Phi) is 4.88. The number of hydrogen-bond acceptors (Lipinski definition) is 5. The van der Waals surface area contributed by atoms with Gasteiger partial charge >= 0.3 is 5.97 Å². The van der Waals surface area contributed by atoms with Crippen LogP contribution in [0.3, 0.4) is 0 Å². The molecule has 2 saturated heterocycles. The Morgan fingerprint density at radius 3 is 3.00 bits per heavy atom. The molecule has 6 heteroatoms. The summed E-state index contributed by atoms with van der Waals surface area (Å²) < 4.78 is 5.06. The van der Waals surface area contributed by atoms with Gasteiger partial charge in [0.05, 0.1) is 12.6 Å². The summed E-state index contributed by atoms with van der Waals surface area (Å²) in [6.45, 7) is 3.69. The lowest BCUT2D eigenvalue weighted by atomic mass is 10.1. The van der Waals surface area contributed by atoms with E-state index in [1.165, 1.54) is 0 Å². The van der Waals surface area contributed by atoms with Gasteiger partial charge in [0.15, 0.2) is 0 Å². The van der Waals surface area contributed by atoms with Crippen LogP contribution >= 0.6 is 11.8 Å². The van der Waals surface area contributed by atoms with E-state index >= 15 is 0 Å². The van der Waals surface area contributed by atoms with Crippen molar-refractivity contribution in [1.29, 1.82) is 0 Å². The monoisotopic (exact) mass is 272 g/mol. The molecule has 1 N–H and O–H groups in total. The zero-order chi connectivity index (χ0) is 13.0. The average molecular weight is 272 g/mol. The normalized spacial score (nSPS) is 28.2. The van der Waals surface area contributed by atoms with Gasteiger partial charge in [-0.15, -0.1) is 0 Å². The van der Waals surface area contributed by atoms with Crippen LogP contribution in [-0.4, -0.2) is 60.1 Å². The summed E-state index contributed by atoms with van der Waals surface area (Å²) in [5.74, 6) is 1.34.